The molecule has 2 aliphatic carbocycles. The van der Waals surface area contributed by atoms with Crippen LogP contribution in [0.15, 0.2) is 24.3 Å². The zero-order valence-electron chi connectivity index (χ0n) is 15.2. The third-order valence-electron chi connectivity index (χ3n) is 5.42. The van der Waals surface area contributed by atoms with E-state index in [9.17, 15) is 4.79 Å². The number of carbonyl (C=O) groups excluding carboxylic acids is 1. The van der Waals surface area contributed by atoms with Crippen molar-refractivity contribution < 1.29 is 4.79 Å². The molecule has 0 radical (unpaired) electrons. The number of rotatable bonds is 6. The molecule has 2 saturated carbocycles. The number of nitrogens with one attached hydrogen (secondary N) is 2. The fourth-order valence-electron chi connectivity index (χ4n) is 3.69. The number of carbonyl (C=O) groups is 1. The first-order valence-electron chi connectivity index (χ1n) is 9.62. The number of aromatic nitrogens is 4. The Morgan fingerprint density at radius 1 is 1.23 bits per heavy atom. The van der Waals surface area contributed by atoms with Gasteiger partial charge in [0.15, 0.2) is 5.82 Å². The van der Waals surface area contributed by atoms with Gasteiger partial charge in [-0.05, 0) is 54.2 Å². The summed E-state index contributed by atoms with van der Waals surface area (Å²) in [7, 11) is 0. The second-order valence-corrected chi connectivity index (χ2v) is 7.55. The maximum Gasteiger partial charge on any atom is 0.239 e. The summed E-state index contributed by atoms with van der Waals surface area (Å²) in [5, 5.41) is 18.5. The van der Waals surface area contributed by atoms with E-state index < -0.39 is 0 Å². The summed E-state index contributed by atoms with van der Waals surface area (Å²) >= 11 is 0. The Labute approximate surface area is 153 Å². The molecular weight excluding hydrogens is 328 g/mol. The third kappa shape index (κ3) is 3.86. The quantitative estimate of drug-likeness (QED) is 0.833. The van der Waals surface area contributed by atoms with Gasteiger partial charge in [0.1, 0.15) is 0 Å². The van der Waals surface area contributed by atoms with Crippen LogP contribution in [0.25, 0.3) is 11.4 Å². The van der Waals surface area contributed by atoms with Crippen LogP contribution < -0.4 is 10.6 Å². The number of nitrogens with zero attached hydrogens (tertiary/aromatic N) is 4. The second kappa shape index (κ2) is 7.43. The Bertz CT molecular complexity index is 769. The maximum absolute atomic E-state index is 12.3. The third-order valence-corrected chi connectivity index (χ3v) is 5.42. The van der Waals surface area contributed by atoms with Crippen molar-refractivity contribution in [3.63, 3.8) is 0 Å². The van der Waals surface area contributed by atoms with Crippen LogP contribution in [0.5, 0.6) is 0 Å². The highest BCUT2D eigenvalue weighted by Crippen LogP contribution is 2.36. The summed E-state index contributed by atoms with van der Waals surface area (Å²) in [5.41, 5.74) is 1.87. The lowest BCUT2D eigenvalue weighted by Gasteiger charge is -2.29. The topological polar surface area (TPSA) is 84.7 Å². The fraction of sp³-hybridized carbons (Fsp3) is 0.579. The highest BCUT2D eigenvalue weighted by atomic mass is 16.2. The van der Waals surface area contributed by atoms with Gasteiger partial charge < -0.3 is 10.6 Å². The standard InChI is InChI=1S/C19H26N6O/c1-13-5-2-3-8-17(13)21-18(26)12-20-15-7-4-6-14(11-15)19-22-23-24-25(19)16-9-10-16/h4,6-7,11,13,16-17,20H,2-3,5,8-10,12H2,1H3,(H,21,26)/t13-,17-/m1/s1. The van der Waals surface area contributed by atoms with Gasteiger partial charge in [0.2, 0.25) is 5.91 Å². The molecule has 4 rings (SSSR count). The highest BCUT2D eigenvalue weighted by Gasteiger charge is 2.28. The van der Waals surface area contributed by atoms with E-state index in [1.54, 1.807) is 0 Å². The second-order valence-electron chi connectivity index (χ2n) is 7.55. The van der Waals surface area contributed by atoms with Crippen molar-refractivity contribution in [3.8, 4) is 11.4 Å². The average Bonchev–Trinajstić information content (AvgIpc) is 3.38. The Morgan fingerprint density at radius 3 is 2.88 bits per heavy atom. The molecule has 7 nitrogen and oxygen atoms in total. The smallest absolute Gasteiger partial charge is 0.239 e. The van der Waals surface area contributed by atoms with Crippen LogP contribution in [0, 0.1) is 5.92 Å². The van der Waals surface area contributed by atoms with E-state index in [4.69, 9.17) is 0 Å². The van der Waals surface area contributed by atoms with Crippen LogP contribution in [0.2, 0.25) is 0 Å². The Hall–Kier alpha value is -2.44. The summed E-state index contributed by atoms with van der Waals surface area (Å²) in [5.74, 6) is 1.41. The summed E-state index contributed by atoms with van der Waals surface area (Å²) < 4.78 is 1.90. The molecule has 0 bridgehead atoms. The van der Waals surface area contributed by atoms with Gasteiger partial charge in [-0.25, -0.2) is 4.68 Å². The number of benzene rings is 1. The van der Waals surface area contributed by atoms with Crippen LogP contribution in [-0.4, -0.2) is 38.7 Å². The SMILES string of the molecule is C[C@@H]1CCCC[C@H]1NC(=O)CNc1cccc(-c2nnnn2C2CC2)c1. The molecule has 0 spiro atoms. The van der Waals surface area contributed by atoms with Crippen molar-refractivity contribution in [1.82, 2.24) is 25.5 Å². The van der Waals surface area contributed by atoms with Gasteiger partial charge in [-0.3, -0.25) is 4.79 Å². The predicted molar refractivity (Wildman–Crippen MR) is 99.6 cm³/mol. The summed E-state index contributed by atoms with van der Waals surface area (Å²) in [6.07, 6.45) is 7.05. The van der Waals surface area contributed by atoms with Crippen LogP contribution >= 0.6 is 0 Å². The monoisotopic (exact) mass is 354 g/mol. The minimum absolute atomic E-state index is 0.0527. The van der Waals surface area contributed by atoms with Crippen LogP contribution in [0.3, 0.4) is 0 Å². The molecule has 2 N–H and O–H groups in total. The molecule has 0 aliphatic heterocycles. The molecule has 138 valence electrons. The number of anilines is 1. The summed E-state index contributed by atoms with van der Waals surface area (Å²) in [6.45, 7) is 2.51. The lowest BCUT2D eigenvalue weighted by Crippen LogP contribution is -2.43. The fourth-order valence-corrected chi connectivity index (χ4v) is 3.69. The molecule has 2 aromatic rings. The van der Waals surface area contributed by atoms with Crippen LogP contribution in [-0.2, 0) is 4.79 Å². The minimum Gasteiger partial charge on any atom is -0.376 e. The largest absolute Gasteiger partial charge is 0.376 e. The van der Waals surface area contributed by atoms with Gasteiger partial charge in [-0.15, -0.1) is 5.10 Å². The molecular formula is C19H26N6O. The molecule has 0 unspecified atom stereocenters. The van der Waals surface area contributed by atoms with Gasteiger partial charge >= 0.3 is 0 Å². The molecule has 7 heteroatoms. The van der Waals surface area contributed by atoms with E-state index in [1.807, 2.05) is 28.9 Å². The Kier molecular flexibility index (Phi) is 4.86. The maximum atomic E-state index is 12.3. The molecule has 2 aliphatic rings. The number of amides is 1. The van der Waals surface area contributed by atoms with E-state index in [0.717, 1.165) is 36.3 Å². The van der Waals surface area contributed by atoms with Crippen LogP contribution in [0.1, 0.15) is 51.5 Å². The van der Waals surface area contributed by atoms with Crippen molar-refractivity contribution in [1.29, 1.82) is 0 Å². The molecule has 2 fully saturated rings. The molecule has 1 heterocycles. The van der Waals surface area contributed by atoms with E-state index >= 15 is 0 Å². The van der Waals surface area contributed by atoms with Gasteiger partial charge in [0, 0.05) is 17.3 Å². The van der Waals surface area contributed by atoms with E-state index in [0.29, 0.717) is 18.0 Å². The Morgan fingerprint density at radius 2 is 2.08 bits per heavy atom. The lowest BCUT2D eigenvalue weighted by molar-refractivity contribution is -0.120. The number of hydrogen-bond donors (Lipinski definition) is 2. The minimum atomic E-state index is 0.0527. The number of tetrazole rings is 1. The normalized spacial score (nSPS) is 22.8. The Balaban J connectivity index is 1.36. The average molecular weight is 354 g/mol. The van der Waals surface area contributed by atoms with Crippen LogP contribution in [0.4, 0.5) is 5.69 Å². The van der Waals surface area contributed by atoms with E-state index in [1.165, 1.54) is 19.3 Å². The first-order valence-corrected chi connectivity index (χ1v) is 9.62. The zero-order chi connectivity index (χ0) is 17.9. The van der Waals surface area contributed by atoms with Gasteiger partial charge in [-0.2, -0.15) is 0 Å². The van der Waals surface area contributed by atoms with Crippen molar-refractivity contribution in [3.05, 3.63) is 24.3 Å². The van der Waals surface area contributed by atoms with Crippen molar-refractivity contribution in [2.75, 3.05) is 11.9 Å². The van der Waals surface area contributed by atoms with Gasteiger partial charge in [0.25, 0.3) is 0 Å². The molecule has 1 aromatic carbocycles. The van der Waals surface area contributed by atoms with E-state index in [-0.39, 0.29) is 12.5 Å². The molecule has 2 atom stereocenters. The first kappa shape index (κ1) is 17.0. The summed E-state index contributed by atoms with van der Waals surface area (Å²) in [4.78, 5) is 12.3. The molecule has 26 heavy (non-hydrogen) atoms. The van der Waals surface area contributed by atoms with Crippen molar-refractivity contribution in [2.24, 2.45) is 5.92 Å². The molecule has 1 aromatic heterocycles. The van der Waals surface area contributed by atoms with Crippen molar-refractivity contribution in [2.45, 2.75) is 57.5 Å². The number of hydrogen-bond acceptors (Lipinski definition) is 5. The first-order chi connectivity index (χ1) is 12.7. The zero-order valence-corrected chi connectivity index (χ0v) is 15.2. The van der Waals surface area contributed by atoms with E-state index in [2.05, 4.69) is 33.1 Å². The summed E-state index contributed by atoms with van der Waals surface area (Å²) in [6, 6.07) is 8.67. The molecule has 0 saturated heterocycles. The van der Waals surface area contributed by atoms with Gasteiger partial charge in [-0.1, -0.05) is 31.9 Å². The molecule has 1 amide bonds. The van der Waals surface area contributed by atoms with Crippen molar-refractivity contribution >= 4 is 11.6 Å². The lowest BCUT2D eigenvalue weighted by atomic mass is 9.86. The predicted octanol–water partition coefficient (Wildman–Crippen LogP) is 2.78. The van der Waals surface area contributed by atoms with Gasteiger partial charge in [0.05, 0.1) is 12.6 Å². The highest BCUT2D eigenvalue weighted by molar-refractivity contribution is 5.81.